The number of fused-ring (bicyclic) bond motifs is 1. The van der Waals surface area contributed by atoms with E-state index in [0.717, 1.165) is 65.3 Å². The van der Waals surface area contributed by atoms with E-state index in [-0.39, 0.29) is 11.8 Å². The van der Waals surface area contributed by atoms with Crippen molar-refractivity contribution >= 4 is 22.8 Å². The summed E-state index contributed by atoms with van der Waals surface area (Å²) in [6.45, 7) is 1.82. The van der Waals surface area contributed by atoms with Crippen LogP contribution in [0.5, 0.6) is 11.5 Å². The van der Waals surface area contributed by atoms with Crippen LogP contribution in [0.4, 0.5) is 5.82 Å². The van der Waals surface area contributed by atoms with Crippen molar-refractivity contribution in [3.63, 3.8) is 0 Å². The second-order valence-corrected chi connectivity index (χ2v) is 9.13. The van der Waals surface area contributed by atoms with E-state index in [1.807, 2.05) is 71.1 Å². The molecule has 0 radical (unpaired) electrons. The zero-order valence-electron chi connectivity index (χ0n) is 21.1. The lowest BCUT2D eigenvalue weighted by Crippen LogP contribution is -2.42. The molecular formula is C29H30N6O2. The minimum Gasteiger partial charge on any atom is -0.457 e. The maximum absolute atomic E-state index is 12.2. The molecule has 0 aliphatic carbocycles. The van der Waals surface area contributed by atoms with E-state index in [9.17, 15) is 4.79 Å². The summed E-state index contributed by atoms with van der Waals surface area (Å²) in [6.07, 6.45) is 3.19. The monoisotopic (exact) mass is 494 g/mol. The first-order valence-corrected chi connectivity index (χ1v) is 12.4. The lowest BCUT2D eigenvalue weighted by molar-refractivity contribution is -0.131. The zero-order valence-corrected chi connectivity index (χ0v) is 21.1. The molecule has 3 heterocycles. The molecule has 5 rings (SSSR count). The second-order valence-electron chi connectivity index (χ2n) is 9.13. The topological polar surface area (TPSA) is 98.3 Å². The Hall–Kier alpha value is -4.35. The number of benzene rings is 2. The maximum atomic E-state index is 12.2. The van der Waals surface area contributed by atoms with Gasteiger partial charge in [-0.05, 0) is 55.6 Å². The third kappa shape index (κ3) is 5.13. The van der Waals surface area contributed by atoms with E-state index >= 15 is 0 Å². The van der Waals surface area contributed by atoms with Crippen LogP contribution >= 0.6 is 0 Å². The molecule has 1 aliphatic heterocycles. The lowest BCUT2D eigenvalue weighted by Gasteiger charge is -2.29. The average Bonchev–Trinajstić information content (AvgIpc) is 3.21. The molecule has 188 valence electrons. The number of nitrogen functional groups attached to an aromatic ring is 1. The summed E-state index contributed by atoms with van der Waals surface area (Å²) in [4.78, 5) is 22.8. The molecular weight excluding hydrogens is 464 g/mol. The standard InChI is InChI=1S/C29H30N6O2/c1-31-18-25(36)35-16-14-20(15-17-35)8-13-24-26(27-28(30)32-19-33-29(27)34(24)2)21-9-11-23(12-10-21)37-22-6-4-3-5-7-22/h3-7,9-12,19-20,31H,14-18H2,1-2H3,(H2,30,32,33). The van der Waals surface area contributed by atoms with Gasteiger partial charge < -0.3 is 25.3 Å². The Bertz CT molecular complexity index is 1460. The van der Waals surface area contributed by atoms with Gasteiger partial charge in [-0.15, -0.1) is 0 Å². The van der Waals surface area contributed by atoms with E-state index in [4.69, 9.17) is 10.5 Å². The number of nitrogens with two attached hydrogens (primary N) is 1. The number of likely N-dealkylation sites (tertiary alicyclic amines) is 1. The predicted molar refractivity (Wildman–Crippen MR) is 145 cm³/mol. The molecule has 1 aliphatic rings. The SMILES string of the molecule is CNCC(=O)N1CCC(C#Cc2c(-c3ccc(Oc4ccccc4)cc3)c3c(N)ncnc3n2C)CC1. The fourth-order valence-corrected chi connectivity index (χ4v) is 4.72. The molecule has 3 N–H and O–H groups in total. The highest BCUT2D eigenvalue weighted by atomic mass is 16.5. The van der Waals surface area contributed by atoms with Gasteiger partial charge in [0, 0.05) is 31.6 Å². The van der Waals surface area contributed by atoms with Crippen molar-refractivity contribution in [1.82, 2.24) is 24.8 Å². The van der Waals surface area contributed by atoms with Crippen molar-refractivity contribution in [2.75, 3.05) is 32.4 Å². The number of amides is 1. The van der Waals surface area contributed by atoms with Crippen LogP contribution in [0.3, 0.4) is 0 Å². The van der Waals surface area contributed by atoms with Crippen LogP contribution in [0, 0.1) is 17.8 Å². The molecule has 1 fully saturated rings. The first kappa shape index (κ1) is 24.3. The fraction of sp³-hybridized carbons (Fsp3) is 0.276. The third-order valence-electron chi connectivity index (χ3n) is 6.69. The summed E-state index contributed by atoms with van der Waals surface area (Å²) in [7, 11) is 3.74. The Labute approximate surface area is 216 Å². The van der Waals surface area contributed by atoms with Crippen LogP contribution in [0.25, 0.3) is 22.2 Å². The number of para-hydroxylation sites is 1. The Morgan fingerprint density at radius 2 is 1.78 bits per heavy atom. The number of likely N-dealkylation sites (N-methyl/N-ethyl adjacent to an activating group) is 1. The first-order valence-electron chi connectivity index (χ1n) is 12.4. The Kier molecular flexibility index (Phi) is 7.06. The number of nitrogens with zero attached hydrogens (tertiary/aromatic N) is 4. The van der Waals surface area contributed by atoms with Gasteiger partial charge in [-0.25, -0.2) is 9.97 Å². The number of aromatic nitrogens is 3. The highest BCUT2D eigenvalue weighted by molar-refractivity contribution is 6.03. The van der Waals surface area contributed by atoms with Gasteiger partial charge in [0.1, 0.15) is 35.0 Å². The van der Waals surface area contributed by atoms with Gasteiger partial charge in [0.15, 0.2) is 0 Å². The molecule has 0 unspecified atom stereocenters. The Balaban J connectivity index is 1.45. The van der Waals surface area contributed by atoms with E-state index in [2.05, 4.69) is 27.1 Å². The van der Waals surface area contributed by atoms with Crippen molar-refractivity contribution in [1.29, 1.82) is 0 Å². The number of aryl methyl sites for hydroxylation is 1. The van der Waals surface area contributed by atoms with Gasteiger partial charge in [0.2, 0.25) is 5.91 Å². The quantitative estimate of drug-likeness (QED) is 0.410. The molecule has 0 spiro atoms. The van der Waals surface area contributed by atoms with E-state index < -0.39 is 0 Å². The molecule has 0 saturated carbocycles. The van der Waals surface area contributed by atoms with E-state index in [1.54, 1.807) is 7.05 Å². The molecule has 2 aromatic carbocycles. The summed E-state index contributed by atoms with van der Waals surface area (Å²) in [5, 5.41) is 3.72. The minimum absolute atomic E-state index is 0.138. The van der Waals surface area contributed by atoms with Crippen LogP contribution in [-0.4, -0.2) is 52.0 Å². The molecule has 0 bridgehead atoms. The van der Waals surface area contributed by atoms with Crippen molar-refractivity contribution < 1.29 is 9.53 Å². The number of hydrogen-bond acceptors (Lipinski definition) is 6. The number of piperidine rings is 1. The van der Waals surface area contributed by atoms with Gasteiger partial charge >= 0.3 is 0 Å². The number of hydrogen-bond donors (Lipinski definition) is 2. The summed E-state index contributed by atoms with van der Waals surface area (Å²) in [5.41, 5.74) is 9.79. The van der Waals surface area contributed by atoms with Crippen LogP contribution < -0.4 is 15.8 Å². The predicted octanol–water partition coefficient (Wildman–Crippen LogP) is 3.82. The number of carbonyl (C=O) groups excluding carboxylic acids is 1. The number of ether oxygens (including phenoxy) is 1. The van der Waals surface area contributed by atoms with Gasteiger partial charge in [-0.3, -0.25) is 4.79 Å². The number of nitrogens with one attached hydrogen (secondary N) is 1. The van der Waals surface area contributed by atoms with Gasteiger partial charge in [0.25, 0.3) is 0 Å². The number of rotatable bonds is 5. The first-order chi connectivity index (χ1) is 18.0. The lowest BCUT2D eigenvalue weighted by atomic mass is 9.96. The summed E-state index contributed by atoms with van der Waals surface area (Å²) in [6, 6.07) is 17.6. The van der Waals surface area contributed by atoms with Crippen molar-refractivity contribution in [2.45, 2.75) is 12.8 Å². The van der Waals surface area contributed by atoms with Crippen molar-refractivity contribution in [3.05, 3.63) is 66.6 Å². The molecule has 4 aromatic rings. The molecule has 2 aromatic heterocycles. The number of anilines is 1. The highest BCUT2D eigenvalue weighted by Gasteiger charge is 2.22. The van der Waals surface area contributed by atoms with Crippen LogP contribution in [0.2, 0.25) is 0 Å². The maximum Gasteiger partial charge on any atom is 0.236 e. The molecule has 1 amide bonds. The van der Waals surface area contributed by atoms with Crippen molar-refractivity contribution in [3.8, 4) is 34.5 Å². The van der Waals surface area contributed by atoms with E-state index in [0.29, 0.717) is 12.4 Å². The smallest absolute Gasteiger partial charge is 0.236 e. The van der Waals surface area contributed by atoms with Gasteiger partial charge in [0.05, 0.1) is 11.9 Å². The van der Waals surface area contributed by atoms with Gasteiger partial charge in [-0.2, -0.15) is 0 Å². The van der Waals surface area contributed by atoms with E-state index in [1.165, 1.54) is 6.33 Å². The van der Waals surface area contributed by atoms with Gasteiger partial charge in [-0.1, -0.05) is 36.3 Å². The highest BCUT2D eigenvalue weighted by Crippen LogP contribution is 2.37. The molecule has 8 nitrogen and oxygen atoms in total. The summed E-state index contributed by atoms with van der Waals surface area (Å²) < 4.78 is 7.95. The zero-order chi connectivity index (χ0) is 25.8. The molecule has 0 atom stereocenters. The number of carbonyl (C=O) groups is 1. The Morgan fingerprint density at radius 3 is 2.49 bits per heavy atom. The summed E-state index contributed by atoms with van der Waals surface area (Å²) in [5.74, 6) is 9.20. The normalized spacial score (nSPS) is 13.8. The van der Waals surface area contributed by atoms with Crippen LogP contribution in [0.1, 0.15) is 18.5 Å². The van der Waals surface area contributed by atoms with Crippen LogP contribution in [-0.2, 0) is 11.8 Å². The third-order valence-corrected chi connectivity index (χ3v) is 6.69. The summed E-state index contributed by atoms with van der Waals surface area (Å²) >= 11 is 0. The average molecular weight is 495 g/mol. The largest absolute Gasteiger partial charge is 0.457 e. The Morgan fingerprint density at radius 1 is 1.08 bits per heavy atom. The van der Waals surface area contributed by atoms with Crippen LogP contribution in [0.15, 0.2) is 60.9 Å². The molecule has 37 heavy (non-hydrogen) atoms. The fourth-order valence-electron chi connectivity index (χ4n) is 4.72. The second kappa shape index (κ2) is 10.7. The minimum atomic E-state index is 0.138. The van der Waals surface area contributed by atoms with Crippen molar-refractivity contribution in [2.24, 2.45) is 13.0 Å². The molecule has 8 heteroatoms. The molecule has 1 saturated heterocycles.